The van der Waals surface area contributed by atoms with Crippen molar-refractivity contribution in [3.8, 4) is 11.1 Å². The molecule has 0 aliphatic carbocycles. The Morgan fingerprint density at radius 1 is 0.906 bits per heavy atom. The number of anilines is 2. The minimum absolute atomic E-state index is 0.216. The van der Waals surface area contributed by atoms with E-state index in [4.69, 9.17) is 0 Å². The van der Waals surface area contributed by atoms with Crippen LogP contribution in [-0.4, -0.2) is 11.9 Å². The van der Waals surface area contributed by atoms with Gasteiger partial charge in [0, 0.05) is 17.8 Å². The molecule has 1 aliphatic heterocycles. The fraction of sp³-hybridized carbons (Fsp3) is 0.0909. The van der Waals surface area contributed by atoms with Crippen LogP contribution < -0.4 is 16.0 Å². The second-order valence-electron chi connectivity index (χ2n) is 6.98. The summed E-state index contributed by atoms with van der Waals surface area (Å²) in [5.74, 6) is -2.48. The first-order valence-corrected chi connectivity index (χ1v) is 9.28. The second kappa shape index (κ2) is 7.95. The van der Waals surface area contributed by atoms with Crippen LogP contribution in [0.25, 0.3) is 11.1 Å². The molecule has 0 atom stereocenters. The zero-order valence-corrected chi connectivity index (χ0v) is 16.1. The Morgan fingerprint density at radius 2 is 1.66 bits per heavy atom. The maximum absolute atomic E-state index is 14.6. The molecule has 0 unspecified atom stereocenters. The number of nitrogens with one attached hydrogen (secondary N) is 3. The lowest BCUT2D eigenvalue weighted by Gasteiger charge is -2.13. The predicted octanol–water partition coefficient (Wildman–Crippen LogP) is 5.54. The van der Waals surface area contributed by atoms with Crippen molar-refractivity contribution in [3.05, 3.63) is 82.9 Å². The number of urea groups is 1. The highest BCUT2D eigenvalue weighted by Gasteiger charge is 2.34. The highest BCUT2D eigenvalue weighted by atomic mass is 19.4. The third kappa shape index (κ3) is 4.11. The highest BCUT2D eigenvalue weighted by Crippen LogP contribution is 2.33. The van der Waals surface area contributed by atoms with Gasteiger partial charge in [-0.05, 0) is 53.1 Å². The molecule has 1 heterocycles. The number of hydrogen-bond acceptors (Lipinski definition) is 2. The Morgan fingerprint density at radius 3 is 2.38 bits per heavy atom. The monoisotopic (exact) mass is 447 g/mol. The van der Waals surface area contributed by atoms with E-state index in [0.717, 1.165) is 11.6 Å². The summed E-state index contributed by atoms with van der Waals surface area (Å²) >= 11 is 0. The Hall–Kier alpha value is -3.95. The third-order valence-electron chi connectivity index (χ3n) is 4.90. The molecule has 0 bridgehead atoms. The summed E-state index contributed by atoms with van der Waals surface area (Å²) in [6.07, 6.45) is -4.93. The van der Waals surface area contributed by atoms with Crippen LogP contribution in [0.4, 0.5) is 38.1 Å². The van der Waals surface area contributed by atoms with Gasteiger partial charge in [-0.1, -0.05) is 18.2 Å². The van der Waals surface area contributed by atoms with Crippen molar-refractivity contribution in [1.82, 2.24) is 5.32 Å². The Labute approximate surface area is 178 Å². The van der Waals surface area contributed by atoms with Crippen LogP contribution in [0.2, 0.25) is 0 Å². The molecule has 3 amide bonds. The molecule has 0 fully saturated rings. The van der Waals surface area contributed by atoms with Crippen LogP contribution in [0.1, 0.15) is 21.5 Å². The molecule has 5 nitrogen and oxygen atoms in total. The molecule has 0 radical (unpaired) electrons. The van der Waals surface area contributed by atoms with Crippen molar-refractivity contribution in [2.24, 2.45) is 0 Å². The normalized spacial score (nSPS) is 12.8. The second-order valence-corrected chi connectivity index (χ2v) is 6.98. The quantitative estimate of drug-likeness (QED) is 0.462. The van der Waals surface area contributed by atoms with Gasteiger partial charge in [0.05, 0.1) is 11.3 Å². The van der Waals surface area contributed by atoms with Gasteiger partial charge in [0.2, 0.25) is 0 Å². The number of carbonyl (C=O) groups is 2. The number of fused-ring (bicyclic) bond motifs is 1. The zero-order valence-electron chi connectivity index (χ0n) is 16.1. The smallest absolute Gasteiger partial charge is 0.348 e. The Bertz CT molecular complexity index is 1240. The third-order valence-corrected chi connectivity index (χ3v) is 4.90. The summed E-state index contributed by atoms with van der Waals surface area (Å²) in [7, 11) is 0. The summed E-state index contributed by atoms with van der Waals surface area (Å²) in [4.78, 5) is 23.9. The molecule has 32 heavy (non-hydrogen) atoms. The first-order valence-electron chi connectivity index (χ1n) is 9.28. The molecule has 0 aromatic heterocycles. The SMILES string of the molecule is O=C(Nc1ccc(F)c(C(F)(F)F)c1)Nc1ccc(-c2cccc3c2CNC3=O)cc1F. The van der Waals surface area contributed by atoms with E-state index in [1.54, 1.807) is 18.2 Å². The van der Waals surface area contributed by atoms with E-state index in [1.807, 2.05) is 0 Å². The lowest BCUT2D eigenvalue weighted by molar-refractivity contribution is -0.139. The molecule has 0 saturated carbocycles. The van der Waals surface area contributed by atoms with Crippen LogP contribution in [0, 0.1) is 11.6 Å². The lowest BCUT2D eigenvalue weighted by atomic mass is 9.96. The maximum atomic E-state index is 14.6. The van der Waals surface area contributed by atoms with Crippen LogP contribution in [-0.2, 0) is 12.7 Å². The summed E-state index contributed by atoms with van der Waals surface area (Å²) in [5.41, 5.74) is 0.302. The van der Waals surface area contributed by atoms with Crippen molar-refractivity contribution in [2.75, 3.05) is 10.6 Å². The average molecular weight is 447 g/mol. The first kappa shape index (κ1) is 21.3. The highest BCUT2D eigenvalue weighted by molar-refractivity contribution is 6.01. The van der Waals surface area contributed by atoms with Gasteiger partial charge in [-0.15, -0.1) is 0 Å². The number of hydrogen-bond donors (Lipinski definition) is 3. The fourth-order valence-electron chi connectivity index (χ4n) is 3.41. The molecule has 3 aromatic carbocycles. The number of rotatable bonds is 3. The van der Waals surface area contributed by atoms with Gasteiger partial charge in [-0.3, -0.25) is 4.79 Å². The van der Waals surface area contributed by atoms with E-state index in [2.05, 4.69) is 16.0 Å². The average Bonchev–Trinajstić information content (AvgIpc) is 3.11. The van der Waals surface area contributed by atoms with Gasteiger partial charge in [0.15, 0.2) is 0 Å². The molecular formula is C22H14F5N3O2. The molecule has 10 heteroatoms. The number of alkyl halides is 3. The van der Waals surface area contributed by atoms with Crippen molar-refractivity contribution < 1.29 is 31.5 Å². The minimum Gasteiger partial charge on any atom is -0.348 e. The van der Waals surface area contributed by atoms with E-state index in [1.165, 1.54) is 18.2 Å². The van der Waals surface area contributed by atoms with Crippen molar-refractivity contribution in [2.45, 2.75) is 12.7 Å². The van der Waals surface area contributed by atoms with Gasteiger partial charge in [0.1, 0.15) is 11.6 Å². The van der Waals surface area contributed by atoms with E-state index in [0.29, 0.717) is 35.4 Å². The summed E-state index contributed by atoms with van der Waals surface area (Å²) in [5, 5.41) is 7.01. The topological polar surface area (TPSA) is 70.2 Å². The van der Waals surface area contributed by atoms with Gasteiger partial charge >= 0.3 is 12.2 Å². The minimum atomic E-state index is -4.93. The molecule has 164 valence electrons. The summed E-state index contributed by atoms with van der Waals surface area (Å²) in [6.45, 7) is 0.311. The number of carbonyl (C=O) groups excluding carboxylic acids is 2. The Balaban J connectivity index is 1.52. The molecule has 3 aromatic rings. The summed E-state index contributed by atoms with van der Waals surface area (Å²) < 4.78 is 66.4. The summed E-state index contributed by atoms with van der Waals surface area (Å²) in [6, 6.07) is 10.0. The van der Waals surface area contributed by atoms with Gasteiger partial charge < -0.3 is 16.0 Å². The molecule has 4 rings (SSSR count). The number of amides is 3. The van der Waals surface area contributed by atoms with Crippen LogP contribution in [0.15, 0.2) is 54.6 Å². The van der Waals surface area contributed by atoms with Crippen molar-refractivity contribution in [3.63, 3.8) is 0 Å². The van der Waals surface area contributed by atoms with Crippen molar-refractivity contribution in [1.29, 1.82) is 0 Å². The zero-order chi connectivity index (χ0) is 23.0. The predicted molar refractivity (Wildman–Crippen MR) is 107 cm³/mol. The van der Waals surface area contributed by atoms with Gasteiger partial charge in [-0.2, -0.15) is 13.2 Å². The first-order chi connectivity index (χ1) is 15.1. The van der Waals surface area contributed by atoms with Crippen LogP contribution >= 0.6 is 0 Å². The van der Waals surface area contributed by atoms with Crippen molar-refractivity contribution >= 4 is 23.3 Å². The standard InChI is InChI=1S/C22H14F5N3O2/c23-17-6-5-12(9-16(17)22(25,26)27)29-21(32)30-19-7-4-11(8-18(19)24)13-2-1-3-14-15(13)10-28-20(14)31/h1-9H,10H2,(H,28,31)(H2,29,30,32). The maximum Gasteiger partial charge on any atom is 0.419 e. The van der Waals surface area contributed by atoms with E-state index < -0.39 is 29.4 Å². The van der Waals surface area contributed by atoms with E-state index in [9.17, 15) is 31.5 Å². The lowest BCUT2D eigenvalue weighted by Crippen LogP contribution is -2.20. The van der Waals surface area contributed by atoms with Crippen LogP contribution in [0.5, 0.6) is 0 Å². The number of benzene rings is 3. The molecule has 3 N–H and O–H groups in total. The van der Waals surface area contributed by atoms with Gasteiger partial charge in [-0.25, -0.2) is 13.6 Å². The van der Waals surface area contributed by atoms with E-state index in [-0.39, 0.29) is 17.3 Å². The Kier molecular flexibility index (Phi) is 5.29. The molecule has 0 saturated heterocycles. The molecule has 1 aliphatic rings. The van der Waals surface area contributed by atoms with Gasteiger partial charge in [0.25, 0.3) is 5.91 Å². The fourth-order valence-corrected chi connectivity index (χ4v) is 3.41. The largest absolute Gasteiger partial charge is 0.419 e. The molecular weight excluding hydrogens is 433 g/mol. The number of halogens is 5. The van der Waals surface area contributed by atoms with Crippen LogP contribution in [0.3, 0.4) is 0 Å². The van der Waals surface area contributed by atoms with E-state index >= 15 is 0 Å². The molecule has 0 spiro atoms.